The van der Waals surface area contributed by atoms with Crippen molar-refractivity contribution in [2.75, 3.05) is 49.2 Å². The van der Waals surface area contributed by atoms with Crippen LogP contribution in [0, 0.1) is 53.4 Å². The van der Waals surface area contributed by atoms with Crippen LogP contribution in [0.3, 0.4) is 0 Å². The van der Waals surface area contributed by atoms with Gasteiger partial charge in [0.1, 0.15) is 114 Å². The quantitative estimate of drug-likeness (QED) is 0.0333. The van der Waals surface area contributed by atoms with Crippen molar-refractivity contribution in [1.29, 1.82) is 0 Å². The van der Waals surface area contributed by atoms with Crippen LogP contribution in [0.1, 0.15) is 127 Å². The number of fused-ring (bicyclic) bond motifs is 5. The SMILES string of the molecule is CC(=O)N(C)c1nc(C)nc2c1CC(O)N2C(=O)c1sc(NC2SNC(=O)C2C(N)=NC(C)CO)nc1C.CCC(O)N=C(N)c1c(Nc2nc(O)c(C(=O)N3c4ncc5cc(C)ccc5c4CC3O)s2)s[nH]c1=O.Cc1nc(C)c2c(n1)CC(O)N2C(=O)c1sc(NC2SNC(=O)C2C(N)=NC(C)C)nc1C. The Labute approximate surface area is 640 Å². The molecule has 0 bridgehead atoms. The number of anilines is 8. The van der Waals surface area contributed by atoms with Crippen LogP contribution in [0.25, 0.3) is 10.8 Å². The zero-order valence-electron chi connectivity index (χ0n) is 60.0. The van der Waals surface area contributed by atoms with E-state index in [4.69, 9.17) is 17.2 Å². The van der Waals surface area contributed by atoms with Crippen LogP contribution >= 0.6 is 69.4 Å². The second-order valence-corrected chi connectivity index (χ2v) is 31.4. The Bertz CT molecular complexity index is 5040. The molecule has 572 valence electrons. The molecule has 5 aliphatic rings. The van der Waals surface area contributed by atoms with Crippen molar-refractivity contribution in [3.05, 3.63) is 106 Å². The highest BCUT2D eigenvalue weighted by molar-refractivity contribution is 7.99. The number of nitrogens with zero attached hydrogens (tertiary/aromatic N) is 15. The van der Waals surface area contributed by atoms with Gasteiger partial charge in [-0.1, -0.05) is 58.6 Å². The fourth-order valence-corrected chi connectivity index (χ4v) is 17.6. The Kier molecular flexibility index (Phi) is 23.8. The number of nitrogens with one attached hydrogen (secondary N) is 6. The maximum Gasteiger partial charge on any atom is 0.277 e. The fourth-order valence-electron chi connectivity index (χ4n) is 12.1. The van der Waals surface area contributed by atoms with Gasteiger partial charge in [0.25, 0.3) is 23.3 Å². The van der Waals surface area contributed by atoms with Gasteiger partial charge in [-0.2, -0.15) is 4.98 Å². The van der Waals surface area contributed by atoms with E-state index in [1.54, 1.807) is 61.7 Å². The van der Waals surface area contributed by atoms with Gasteiger partial charge in [-0.25, -0.2) is 39.9 Å². The zero-order chi connectivity index (χ0) is 78.3. The lowest BCUT2D eigenvalue weighted by Gasteiger charge is -2.21. The van der Waals surface area contributed by atoms with E-state index in [2.05, 4.69) is 84.6 Å². The molecule has 0 spiro atoms. The first-order valence-corrected chi connectivity index (χ1v) is 38.4. The van der Waals surface area contributed by atoms with Crippen molar-refractivity contribution >= 4 is 177 Å². The number of aryl methyl sites for hydroxylation is 6. The van der Waals surface area contributed by atoms with Gasteiger partial charge in [0, 0.05) is 62.0 Å². The summed E-state index contributed by atoms with van der Waals surface area (Å²) in [6, 6.07) is 5.37. The highest BCUT2D eigenvalue weighted by Crippen LogP contribution is 2.43. The van der Waals surface area contributed by atoms with E-state index in [0.717, 1.165) is 84.3 Å². The number of aliphatic hydroxyl groups excluding tert-OH is 5. The topological polar surface area (TPSA) is 548 Å². The van der Waals surface area contributed by atoms with Crippen LogP contribution < -0.4 is 67.8 Å². The maximum atomic E-state index is 13.6. The Morgan fingerprint density at radius 2 is 1.25 bits per heavy atom. The van der Waals surface area contributed by atoms with Crippen molar-refractivity contribution in [2.45, 2.75) is 150 Å². The molecule has 8 aromatic rings. The molecule has 9 unspecified atom stereocenters. The van der Waals surface area contributed by atoms with Crippen molar-refractivity contribution in [3.8, 4) is 5.88 Å². The molecule has 18 N–H and O–H groups in total. The van der Waals surface area contributed by atoms with Crippen LogP contribution in [-0.4, -0.2) is 189 Å². The largest absolute Gasteiger partial charge is 0.492 e. The third kappa shape index (κ3) is 16.3. The number of carbonyl (C=O) groups is 6. The third-order valence-electron chi connectivity index (χ3n) is 17.2. The number of aromatic amines is 1. The standard InChI is InChI=1S/C23H23N7O5S2.C22H29N9O5S2.C20H26N8O3S2/c1-3-13(31)26-17(24)15-19(33)29-37-21(15)28-23-27-20(34)16(36-23)22(35)30-14(32)7-12-11-5-4-9(2)6-10(11)8-25-18(12)30;1-8(7-32)24-16(23)14-19(35)29-38-20(14)28-22-25-9(2)15(37-22)21(36)31-13(34)6-12-17(30(5)11(4)33)26-10(3)27-18(12)31;1-7(2)22-16(21)13-17(30)27-33-18(13)26-20-24-9(4)15(32-20)19(31)28-12(29)6-11-14(28)8(3)23-10(5)25-11/h4-6,8,13-14,31-32,34H,3,7H2,1-2H3,(H2,24,26)(H,27,28)(H,29,33);8,13-14,20,32,34H,6-7H2,1-5H3,(H2,23,24)(H,25,28)(H,29,35);7,12-13,18,29H,6H2,1-5H3,(H2,21,22)(H,24,26)(H,27,30). The Morgan fingerprint density at radius 3 is 1.84 bits per heavy atom. The molecular weight excluding hydrogens is 1520 g/mol. The lowest BCUT2D eigenvalue weighted by molar-refractivity contribution is -0.121. The summed E-state index contributed by atoms with van der Waals surface area (Å²) >= 11 is 6.29. The first-order chi connectivity index (χ1) is 51.2. The molecular formula is C65H78N24O13S6. The van der Waals surface area contributed by atoms with E-state index in [0.29, 0.717) is 78.9 Å². The minimum Gasteiger partial charge on any atom is -0.492 e. The summed E-state index contributed by atoms with van der Waals surface area (Å²) in [7, 11) is 1.57. The van der Waals surface area contributed by atoms with Gasteiger partial charge in [0.05, 0.1) is 41.1 Å². The fraction of sp³-hybridized carbons (Fsp3) is 0.415. The first kappa shape index (κ1) is 79.1. The maximum absolute atomic E-state index is 13.6. The monoisotopic (exact) mass is 1590 g/mol. The molecule has 12 heterocycles. The molecule has 108 heavy (non-hydrogen) atoms. The normalized spacial score (nSPS) is 20.1. The number of aromatic hydroxyl groups is 1. The van der Waals surface area contributed by atoms with Gasteiger partial charge in [-0.3, -0.25) is 77.0 Å². The Balaban J connectivity index is 0.000000162. The molecule has 0 radical (unpaired) electrons. The summed E-state index contributed by atoms with van der Waals surface area (Å²) in [5.74, 6) is -2.34. The second kappa shape index (κ2) is 32.5. The van der Waals surface area contributed by atoms with Gasteiger partial charge in [0.2, 0.25) is 23.6 Å². The molecule has 9 atom stereocenters. The van der Waals surface area contributed by atoms with E-state index >= 15 is 0 Å². The number of hydrogen-bond donors (Lipinski definition) is 15. The van der Waals surface area contributed by atoms with E-state index in [1.165, 1.54) is 33.6 Å². The number of aliphatic imine (C=N–C) groups is 3. The van der Waals surface area contributed by atoms with Gasteiger partial charge in [-0.15, -0.1) is 0 Å². The number of H-pyrrole nitrogens is 1. The molecule has 6 amide bonds. The summed E-state index contributed by atoms with van der Waals surface area (Å²) in [6.07, 6.45) is -1.99. The van der Waals surface area contributed by atoms with Gasteiger partial charge in [-0.05, 0) is 116 Å². The van der Waals surface area contributed by atoms with Crippen LogP contribution in [0.2, 0.25) is 0 Å². The summed E-state index contributed by atoms with van der Waals surface area (Å²) < 4.78 is 7.92. The van der Waals surface area contributed by atoms with Gasteiger partial charge in [0.15, 0.2) is 20.3 Å². The summed E-state index contributed by atoms with van der Waals surface area (Å²) in [6.45, 7) is 18.9. The predicted molar refractivity (Wildman–Crippen MR) is 414 cm³/mol. The number of aromatic nitrogens is 9. The predicted octanol–water partition coefficient (Wildman–Crippen LogP) is 3.36. The third-order valence-corrected chi connectivity index (χ3v) is 23.0. The summed E-state index contributed by atoms with van der Waals surface area (Å²) in [5, 5.41) is 72.9. The molecule has 13 rings (SSSR count). The molecule has 7 aromatic heterocycles. The number of hydrogen-bond acceptors (Lipinski definition) is 33. The number of thiazole rings is 3. The lowest BCUT2D eigenvalue weighted by atomic mass is 10.0. The number of benzene rings is 1. The molecule has 0 saturated carbocycles. The van der Waals surface area contributed by atoms with Crippen LogP contribution in [-0.2, 0) is 33.6 Å². The highest BCUT2D eigenvalue weighted by Gasteiger charge is 2.45. The van der Waals surface area contributed by atoms with Gasteiger partial charge >= 0.3 is 0 Å². The minimum absolute atomic E-state index is 0.00951. The van der Waals surface area contributed by atoms with Crippen LogP contribution in [0.4, 0.5) is 43.5 Å². The van der Waals surface area contributed by atoms with Gasteiger partial charge < -0.3 is 63.8 Å². The van der Waals surface area contributed by atoms with E-state index in [1.807, 2.05) is 39.0 Å². The van der Waals surface area contributed by atoms with Crippen LogP contribution in [0.5, 0.6) is 5.88 Å². The van der Waals surface area contributed by atoms with Crippen molar-refractivity contribution in [1.82, 2.24) is 53.7 Å². The first-order valence-electron chi connectivity index (χ1n) is 33.4. The van der Waals surface area contributed by atoms with E-state index in [9.17, 15) is 64.2 Å². The molecule has 5 aliphatic heterocycles. The zero-order valence-corrected chi connectivity index (χ0v) is 64.9. The summed E-state index contributed by atoms with van der Waals surface area (Å²) in [4.78, 5) is 142. The van der Waals surface area contributed by atoms with Crippen molar-refractivity contribution in [3.63, 3.8) is 0 Å². The molecule has 2 saturated heterocycles. The van der Waals surface area contributed by atoms with Crippen molar-refractivity contribution < 1.29 is 59.4 Å². The number of amides is 6. The molecule has 0 aliphatic carbocycles. The molecule has 1 aromatic carbocycles. The molecule has 2 fully saturated rings. The number of amidine groups is 3. The Morgan fingerprint density at radius 1 is 0.694 bits per heavy atom. The number of nitrogens with two attached hydrogens (primary N) is 3. The smallest absolute Gasteiger partial charge is 0.277 e. The van der Waals surface area contributed by atoms with Crippen molar-refractivity contribution in [2.24, 2.45) is 44.0 Å². The number of aliphatic hydroxyl groups is 5. The average Bonchev–Trinajstić information content (AvgIpc) is 1.55. The second-order valence-electron chi connectivity index (χ2n) is 25.6. The Hall–Kier alpha value is -9.96. The number of carbonyl (C=O) groups excluding carboxylic acids is 6. The molecule has 37 nitrogen and oxygen atoms in total. The number of rotatable bonds is 18. The average molecular weight is 1600 g/mol. The minimum atomic E-state index is -1.20. The number of pyridine rings is 1. The van der Waals surface area contributed by atoms with E-state index in [-0.39, 0.29) is 104 Å². The summed E-state index contributed by atoms with van der Waals surface area (Å²) in [5.41, 5.74) is 22.6. The lowest BCUT2D eigenvalue weighted by Crippen LogP contribution is -2.39. The van der Waals surface area contributed by atoms with Crippen LogP contribution in [0.15, 0.2) is 44.2 Å². The van der Waals surface area contributed by atoms with E-state index < -0.39 is 76.8 Å². The molecule has 43 heteroatoms. The highest BCUT2D eigenvalue weighted by atomic mass is 32.2.